The molecule has 0 unspecified atom stereocenters. The molecule has 0 fully saturated rings. The Hall–Kier alpha value is -0.800. The molecule has 0 amide bonds. The van der Waals surface area contributed by atoms with Gasteiger partial charge in [0.15, 0.2) is 0 Å². The number of aryl methyl sites for hydroxylation is 1. The first-order valence-electron chi connectivity index (χ1n) is 3.64. The molecule has 3 nitrogen and oxygen atoms in total. The maximum absolute atomic E-state index is 10.6. The van der Waals surface area contributed by atoms with Gasteiger partial charge in [0.25, 0.3) is 0 Å². The summed E-state index contributed by atoms with van der Waals surface area (Å²) >= 11 is 11.4. The lowest BCUT2D eigenvalue weighted by molar-refractivity contribution is 0.0696. The van der Waals surface area contributed by atoms with E-state index in [4.69, 9.17) is 28.3 Å². The second-order valence-electron chi connectivity index (χ2n) is 2.41. The molecule has 0 aliphatic heterocycles. The van der Waals surface area contributed by atoms with Crippen LogP contribution in [0.3, 0.4) is 0 Å². The summed E-state index contributed by atoms with van der Waals surface area (Å²) in [6.07, 6.45) is 0.623. The normalized spacial score (nSPS) is 10.1. The van der Waals surface area contributed by atoms with E-state index in [-0.39, 0.29) is 10.7 Å². The van der Waals surface area contributed by atoms with Crippen molar-refractivity contribution in [1.82, 2.24) is 4.98 Å². The van der Waals surface area contributed by atoms with Crippen molar-refractivity contribution in [2.24, 2.45) is 0 Å². The van der Waals surface area contributed by atoms with Crippen LogP contribution in [-0.2, 0) is 6.42 Å². The second kappa shape index (κ2) is 3.94. The van der Waals surface area contributed by atoms with Crippen LogP contribution in [0.4, 0.5) is 0 Å². The third-order valence-electron chi connectivity index (χ3n) is 1.57. The fourth-order valence-corrected chi connectivity index (χ4v) is 1.42. The fraction of sp³-hybridized carbons (Fsp3) is 0.250. The average Bonchev–Trinajstić information content (AvgIpc) is 2.07. The topological polar surface area (TPSA) is 50.2 Å². The van der Waals surface area contributed by atoms with Gasteiger partial charge in [0.1, 0.15) is 5.15 Å². The van der Waals surface area contributed by atoms with Gasteiger partial charge in [-0.05, 0) is 12.5 Å². The van der Waals surface area contributed by atoms with Crippen LogP contribution in [0.2, 0.25) is 10.2 Å². The van der Waals surface area contributed by atoms with Crippen LogP contribution < -0.4 is 0 Å². The summed E-state index contributed by atoms with van der Waals surface area (Å²) in [4.78, 5) is 14.5. The highest BCUT2D eigenvalue weighted by Crippen LogP contribution is 2.22. The van der Waals surface area contributed by atoms with E-state index in [1.54, 1.807) is 0 Å². The van der Waals surface area contributed by atoms with Crippen molar-refractivity contribution in [2.75, 3.05) is 0 Å². The number of nitrogens with zero attached hydrogens (tertiary/aromatic N) is 1. The van der Waals surface area contributed by atoms with Crippen molar-refractivity contribution < 1.29 is 9.90 Å². The van der Waals surface area contributed by atoms with E-state index in [0.29, 0.717) is 17.1 Å². The molecule has 13 heavy (non-hydrogen) atoms. The van der Waals surface area contributed by atoms with Crippen molar-refractivity contribution >= 4 is 29.2 Å². The molecular weight excluding hydrogens is 213 g/mol. The Morgan fingerprint density at radius 2 is 2.23 bits per heavy atom. The summed E-state index contributed by atoms with van der Waals surface area (Å²) < 4.78 is 0. The van der Waals surface area contributed by atoms with Gasteiger partial charge in [0.2, 0.25) is 0 Å². The minimum absolute atomic E-state index is 0.0197. The minimum Gasteiger partial charge on any atom is -0.478 e. The minimum atomic E-state index is -1.12. The monoisotopic (exact) mass is 219 g/mol. The van der Waals surface area contributed by atoms with Crippen LogP contribution in [0.15, 0.2) is 6.07 Å². The Balaban J connectivity index is 3.28. The zero-order valence-electron chi connectivity index (χ0n) is 6.84. The van der Waals surface area contributed by atoms with Crippen LogP contribution in [0, 0.1) is 0 Å². The van der Waals surface area contributed by atoms with Gasteiger partial charge in [-0.15, -0.1) is 0 Å². The number of carbonyl (C=O) groups is 1. The van der Waals surface area contributed by atoms with Crippen LogP contribution in [0.25, 0.3) is 0 Å². The molecular formula is C8H7Cl2NO2. The highest BCUT2D eigenvalue weighted by atomic mass is 35.5. The highest BCUT2D eigenvalue weighted by molar-refractivity contribution is 6.34. The van der Waals surface area contributed by atoms with Gasteiger partial charge in [-0.2, -0.15) is 0 Å². The third kappa shape index (κ3) is 2.11. The quantitative estimate of drug-likeness (QED) is 0.779. The number of carboxylic acid groups (broad SMARTS) is 1. The smallest absolute Gasteiger partial charge is 0.338 e. The summed E-state index contributed by atoms with van der Waals surface area (Å²) in [5.74, 6) is -1.12. The molecule has 0 saturated heterocycles. The van der Waals surface area contributed by atoms with Crippen molar-refractivity contribution in [3.8, 4) is 0 Å². The molecule has 0 bridgehead atoms. The first-order valence-corrected chi connectivity index (χ1v) is 4.40. The number of aromatic carboxylic acids is 1. The molecule has 1 aromatic rings. The van der Waals surface area contributed by atoms with Gasteiger partial charge in [0, 0.05) is 0 Å². The van der Waals surface area contributed by atoms with E-state index in [9.17, 15) is 4.79 Å². The summed E-state index contributed by atoms with van der Waals surface area (Å²) in [5, 5.41) is 8.99. The lowest BCUT2D eigenvalue weighted by Gasteiger charge is -2.03. The van der Waals surface area contributed by atoms with Gasteiger partial charge in [-0.3, -0.25) is 0 Å². The Morgan fingerprint density at radius 1 is 1.62 bits per heavy atom. The summed E-state index contributed by atoms with van der Waals surface area (Å²) in [5.41, 5.74) is 0.542. The molecule has 70 valence electrons. The second-order valence-corrected chi connectivity index (χ2v) is 3.18. The average molecular weight is 220 g/mol. The predicted octanol–water partition coefficient (Wildman–Crippen LogP) is 2.65. The Bertz CT molecular complexity index is 352. The van der Waals surface area contributed by atoms with Crippen LogP contribution in [0.1, 0.15) is 23.0 Å². The van der Waals surface area contributed by atoms with Crippen LogP contribution in [-0.4, -0.2) is 16.1 Å². The zero-order valence-corrected chi connectivity index (χ0v) is 8.35. The summed E-state index contributed by atoms with van der Waals surface area (Å²) in [7, 11) is 0. The highest BCUT2D eigenvalue weighted by Gasteiger charge is 2.13. The first-order chi connectivity index (χ1) is 6.06. The number of pyridine rings is 1. The van der Waals surface area contributed by atoms with Crippen molar-refractivity contribution in [1.29, 1.82) is 0 Å². The summed E-state index contributed by atoms with van der Waals surface area (Å²) in [6, 6.07) is 1.32. The number of rotatable bonds is 2. The van der Waals surface area contributed by atoms with E-state index >= 15 is 0 Å². The van der Waals surface area contributed by atoms with Gasteiger partial charge in [-0.25, -0.2) is 9.78 Å². The van der Waals surface area contributed by atoms with Gasteiger partial charge < -0.3 is 5.11 Å². The first kappa shape index (κ1) is 10.3. The lowest BCUT2D eigenvalue weighted by Crippen LogP contribution is -2.01. The van der Waals surface area contributed by atoms with Gasteiger partial charge >= 0.3 is 5.97 Å². The number of carboxylic acids is 1. The summed E-state index contributed by atoms with van der Waals surface area (Å²) in [6.45, 7) is 1.87. The van der Waals surface area contributed by atoms with Crippen molar-refractivity contribution in [3.05, 3.63) is 27.5 Å². The number of hydrogen-bond acceptors (Lipinski definition) is 2. The molecule has 0 saturated carbocycles. The molecule has 0 atom stereocenters. The Morgan fingerprint density at radius 3 is 2.69 bits per heavy atom. The maximum atomic E-state index is 10.6. The molecule has 1 heterocycles. The van der Waals surface area contributed by atoms with E-state index in [0.717, 1.165) is 0 Å². The van der Waals surface area contributed by atoms with Crippen molar-refractivity contribution in [3.63, 3.8) is 0 Å². The molecule has 0 aromatic carbocycles. The number of halogens is 2. The standard InChI is InChI=1S/C8H7Cl2NO2/c1-2-6-5(9)3-4(8(12)13)7(10)11-6/h3H,2H2,1H3,(H,12,13). The molecule has 1 aromatic heterocycles. The van der Waals surface area contributed by atoms with E-state index in [2.05, 4.69) is 4.98 Å². The van der Waals surface area contributed by atoms with Crippen LogP contribution in [0.5, 0.6) is 0 Å². The molecule has 1 N–H and O–H groups in total. The Labute approximate surface area is 85.3 Å². The predicted molar refractivity (Wildman–Crippen MR) is 50.6 cm³/mol. The number of hydrogen-bond donors (Lipinski definition) is 1. The van der Waals surface area contributed by atoms with E-state index < -0.39 is 5.97 Å². The number of aromatic nitrogens is 1. The van der Waals surface area contributed by atoms with Crippen molar-refractivity contribution in [2.45, 2.75) is 13.3 Å². The lowest BCUT2D eigenvalue weighted by atomic mass is 10.2. The third-order valence-corrected chi connectivity index (χ3v) is 2.18. The Kier molecular flexibility index (Phi) is 3.12. The molecule has 1 rings (SSSR count). The van der Waals surface area contributed by atoms with Gasteiger partial charge in [0.05, 0.1) is 16.3 Å². The zero-order chi connectivity index (χ0) is 10.0. The van der Waals surface area contributed by atoms with Gasteiger partial charge in [-0.1, -0.05) is 30.1 Å². The molecule has 0 radical (unpaired) electrons. The molecule has 0 aliphatic carbocycles. The molecule has 0 aliphatic rings. The SMILES string of the molecule is CCc1nc(Cl)c(C(=O)O)cc1Cl. The van der Waals surface area contributed by atoms with Crippen LogP contribution >= 0.6 is 23.2 Å². The largest absolute Gasteiger partial charge is 0.478 e. The maximum Gasteiger partial charge on any atom is 0.338 e. The molecule has 0 spiro atoms. The fourth-order valence-electron chi connectivity index (χ4n) is 0.900. The van der Waals surface area contributed by atoms with E-state index in [1.807, 2.05) is 6.92 Å². The molecule has 5 heteroatoms. The van der Waals surface area contributed by atoms with E-state index in [1.165, 1.54) is 6.07 Å².